The summed E-state index contributed by atoms with van der Waals surface area (Å²) in [6.07, 6.45) is 20.2. The normalized spacial score (nSPS) is 13.7. The molecule has 0 aliphatic carbocycles. The summed E-state index contributed by atoms with van der Waals surface area (Å²) in [5, 5.41) is 10.3. The number of hydrogen-bond acceptors (Lipinski definition) is 3. The molecule has 0 rings (SSSR count). The lowest BCUT2D eigenvalue weighted by Gasteiger charge is -2.36. The second-order valence-electron chi connectivity index (χ2n) is 10.7. The summed E-state index contributed by atoms with van der Waals surface area (Å²) in [4.78, 5) is 0. The molecule has 0 amide bonds. The number of hydrogen-bond donors (Lipinski definition) is 1. The van der Waals surface area contributed by atoms with E-state index >= 15 is 0 Å². The molecule has 3 nitrogen and oxygen atoms in total. The van der Waals surface area contributed by atoms with E-state index in [4.69, 9.17) is 9.16 Å². The Bertz CT molecular complexity index is 366. The lowest BCUT2D eigenvalue weighted by atomic mass is 10.0. The minimum atomic E-state index is -1.78. The van der Waals surface area contributed by atoms with Crippen LogP contribution in [0.1, 0.15) is 124 Å². The summed E-state index contributed by atoms with van der Waals surface area (Å²) in [6.45, 7) is 14.9. The lowest BCUT2D eigenvalue weighted by molar-refractivity contribution is 0.00808. The molecule has 0 saturated heterocycles. The van der Waals surface area contributed by atoms with Gasteiger partial charge in [-0.25, -0.2) is 0 Å². The van der Waals surface area contributed by atoms with Gasteiger partial charge >= 0.3 is 0 Å². The summed E-state index contributed by atoms with van der Waals surface area (Å²) in [6, 6.07) is 0. The van der Waals surface area contributed by atoms with Crippen LogP contribution in [0.2, 0.25) is 18.1 Å². The van der Waals surface area contributed by atoms with Crippen LogP contribution in [0.5, 0.6) is 0 Å². The fraction of sp³-hybridized carbons (Fsp3) is 1.00. The zero-order valence-electron chi connectivity index (χ0n) is 21.6. The van der Waals surface area contributed by atoms with Crippen LogP contribution in [0.15, 0.2) is 0 Å². The molecule has 0 aromatic heterocycles. The molecule has 0 heterocycles. The standard InChI is InChI=1S/C26H56O3Si/c1-7-8-9-10-11-12-13-14-15-16-17-18-19-20-21-22-28-23-25(27)24-29-30(5,6)26(2,3)4/h25,27H,7-24H2,1-6H3/t25-/m1/s1. The third kappa shape index (κ3) is 17.7. The Hall–Kier alpha value is 0.0969. The van der Waals surface area contributed by atoms with Gasteiger partial charge in [0.1, 0.15) is 0 Å². The summed E-state index contributed by atoms with van der Waals surface area (Å²) in [7, 11) is -1.78. The fourth-order valence-electron chi connectivity index (χ4n) is 3.36. The maximum Gasteiger partial charge on any atom is 0.192 e. The predicted octanol–water partition coefficient (Wildman–Crippen LogP) is 8.26. The van der Waals surface area contributed by atoms with Crippen LogP contribution in [0.25, 0.3) is 0 Å². The lowest BCUT2D eigenvalue weighted by Crippen LogP contribution is -2.43. The molecule has 0 bridgehead atoms. The largest absolute Gasteiger partial charge is 0.414 e. The SMILES string of the molecule is CCCCCCCCCCCCCCCCCOC[C@@H](O)CO[Si](C)(C)C(C)(C)C. The summed E-state index contributed by atoms with van der Waals surface area (Å²) >= 11 is 0. The van der Waals surface area contributed by atoms with Crippen molar-refractivity contribution in [2.24, 2.45) is 0 Å². The highest BCUT2D eigenvalue weighted by molar-refractivity contribution is 6.74. The van der Waals surface area contributed by atoms with E-state index in [9.17, 15) is 5.11 Å². The van der Waals surface area contributed by atoms with Crippen molar-refractivity contribution < 1.29 is 14.3 Å². The molecule has 0 spiro atoms. The van der Waals surface area contributed by atoms with E-state index in [1.807, 2.05) is 0 Å². The summed E-state index contributed by atoms with van der Waals surface area (Å²) in [5.74, 6) is 0. The molecule has 0 unspecified atom stereocenters. The first-order valence-corrected chi connectivity index (χ1v) is 16.0. The van der Waals surface area contributed by atoms with Gasteiger partial charge in [0, 0.05) is 6.61 Å². The number of aliphatic hydroxyl groups is 1. The van der Waals surface area contributed by atoms with E-state index in [0.717, 1.165) is 13.0 Å². The molecule has 1 N–H and O–H groups in total. The van der Waals surface area contributed by atoms with Gasteiger partial charge in [-0.3, -0.25) is 0 Å². The third-order valence-electron chi connectivity index (χ3n) is 6.65. The molecule has 0 aromatic carbocycles. The highest BCUT2D eigenvalue weighted by Gasteiger charge is 2.37. The van der Waals surface area contributed by atoms with Gasteiger partial charge in [-0.05, 0) is 24.6 Å². The first kappa shape index (κ1) is 30.1. The number of rotatable bonds is 21. The van der Waals surface area contributed by atoms with Crippen LogP contribution < -0.4 is 0 Å². The van der Waals surface area contributed by atoms with Gasteiger partial charge in [-0.15, -0.1) is 0 Å². The zero-order chi connectivity index (χ0) is 22.7. The maximum absolute atomic E-state index is 10.1. The van der Waals surface area contributed by atoms with E-state index in [1.165, 1.54) is 89.9 Å². The van der Waals surface area contributed by atoms with Crippen LogP contribution in [-0.2, 0) is 9.16 Å². The highest BCUT2D eigenvalue weighted by Crippen LogP contribution is 2.36. The van der Waals surface area contributed by atoms with Crippen molar-refractivity contribution in [3.05, 3.63) is 0 Å². The van der Waals surface area contributed by atoms with Crippen LogP contribution in [0, 0.1) is 0 Å². The molecule has 0 aromatic rings. The third-order valence-corrected chi connectivity index (χ3v) is 11.1. The van der Waals surface area contributed by atoms with Crippen LogP contribution in [-0.4, -0.2) is 39.3 Å². The van der Waals surface area contributed by atoms with Crippen LogP contribution >= 0.6 is 0 Å². The molecule has 0 fully saturated rings. The van der Waals surface area contributed by atoms with Gasteiger partial charge < -0.3 is 14.3 Å². The fourth-order valence-corrected chi connectivity index (χ4v) is 4.41. The van der Waals surface area contributed by atoms with Gasteiger partial charge in [0.25, 0.3) is 0 Å². The number of unbranched alkanes of at least 4 members (excludes halogenated alkanes) is 14. The van der Waals surface area contributed by atoms with Gasteiger partial charge in [0.15, 0.2) is 8.32 Å². The van der Waals surface area contributed by atoms with Gasteiger partial charge in [-0.1, -0.05) is 118 Å². The van der Waals surface area contributed by atoms with E-state index in [1.54, 1.807) is 0 Å². The maximum atomic E-state index is 10.1. The van der Waals surface area contributed by atoms with E-state index in [0.29, 0.717) is 13.2 Å². The van der Waals surface area contributed by atoms with Crippen molar-refractivity contribution in [2.45, 2.75) is 148 Å². The first-order valence-electron chi connectivity index (χ1n) is 13.1. The molecule has 4 heteroatoms. The van der Waals surface area contributed by atoms with Crippen LogP contribution in [0.3, 0.4) is 0 Å². The van der Waals surface area contributed by atoms with Crippen molar-refractivity contribution >= 4 is 8.32 Å². The Kier molecular flexibility index (Phi) is 18.7. The molecular weight excluding hydrogens is 388 g/mol. The summed E-state index contributed by atoms with van der Waals surface area (Å²) < 4.78 is 11.7. The van der Waals surface area contributed by atoms with Crippen molar-refractivity contribution in [3.63, 3.8) is 0 Å². The van der Waals surface area contributed by atoms with E-state index < -0.39 is 14.4 Å². The monoisotopic (exact) mass is 444 g/mol. The summed E-state index contributed by atoms with van der Waals surface area (Å²) in [5.41, 5.74) is 0. The molecule has 0 aliphatic rings. The number of ether oxygens (including phenoxy) is 1. The molecule has 1 atom stereocenters. The highest BCUT2D eigenvalue weighted by atomic mass is 28.4. The Labute approximate surface area is 190 Å². The predicted molar refractivity (Wildman–Crippen MR) is 135 cm³/mol. The van der Waals surface area contributed by atoms with Crippen molar-refractivity contribution in [1.29, 1.82) is 0 Å². The van der Waals surface area contributed by atoms with E-state index in [2.05, 4.69) is 40.8 Å². The van der Waals surface area contributed by atoms with Gasteiger partial charge in [0.05, 0.1) is 19.3 Å². The Morgan fingerprint density at radius 2 is 1.07 bits per heavy atom. The molecule has 30 heavy (non-hydrogen) atoms. The Morgan fingerprint density at radius 3 is 1.47 bits per heavy atom. The quantitative estimate of drug-likeness (QED) is 0.143. The van der Waals surface area contributed by atoms with Crippen molar-refractivity contribution in [1.82, 2.24) is 0 Å². The first-order chi connectivity index (χ1) is 14.2. The van der Waals surface area contributed by atoms with Crippen LogP contribution in [0.4, 0.5) is 0 Å². The molecule has 0 aliphatic heterocycles. The Morgan fingerprint density at radius 1 is 0.667 bits per heavy atom. The van der Waals surface area contributed by atoms with Crippen molar-refractivity contribution in [2.75, 3.05) is 19.8 Å². The molecule has 0 radical (unpaired) electrons. The van der Waals surface area contributed by atoms with Crippen molar-refractivity contribution in [3.8, 4) is 0 Å². The second kappa shape index (κ2) is 18.6. The van der Waals surface area contributed by atoms with Gasteiger partial charge in [-0.2, -0.15) is 0 Å². The second-order valence-corrected chi connectivity index (χ2v) is 15.6. The topological polar surface area (TPSA) is 38.7 Å². The molecule has 0 saturated carbocycles. The average Bonchev–Trinajstić information content (AvgIpc) is 2.68. The minimum absolute atomic E-state index is 0.182. The molecular formula is C26H56O3Si. The zero-order valence-corrected chi connectivity index (χ0v) is 22.6. The minimum Gasteiger partial charge on any atom is -0.414 e. The van der Waals surface area contributed by atoms with Gasteiger partial charge in [0.2, 0.25) is 0 Å². The average molecular weight is 445 g/mol. The smallest absolute Gasteiger partial charge is 0.192 e. The molecule has 182 valence electrons. The number of aliphatic hydroxyl groups excluding tert-OH is 1. The van der Waals surface area contributed by atoms with E-state index in [-0.39, 0.29) is 5.04 Å². The Balaban J connectivity index is 3.31.